The van der Waals surface area contributed by atoms with E-state index in [-0.39, 0.29) is 6.10 Å². The van der Waals surface area contributed by atoms with Crippen molar-refractivity contribution in [1.29, 1.82) is 0 Å². The molecule has 3 atom stereocenters. The summed E-state index contributed by atoms with van der Waals surface area (Å²) in [5.41, 5.74) is -0.0390. The highest BCUT2D eigenvalue weighted by Crippen LogP contribution is 2.39. The largest absolute Gasteiger partial charge is 0.378 e. The van der Waals surface area contributed by atoms with Crippen LogP contribution in [0.25, 0.3) is 0 Å². The normalized spacial score (nSPS) is 32.0. The Morgan fingerprint density at radius 1 is 0.897 bits per heavy atom. The number of rotatable bonds is 7. The molecular weight excluding hydrogens is 374 g/mol. The Kier molecular flexibility index (Phi) is 11.0. The van der Waals surface area contributed by atoms with Crippen molar-refractivity contribution in [3.63, 3.8) is 0 Å². The summed E-state index contributed by atoms with van der Waals surface area (Å²) in [6, 6.07) is 0. The van der Waals surface area contributed by atoms with Gasteiger partial charge in [0.25, 0.3) is 0 Å². The lowest BCUT2D eigenvalue weighted by atomic mass is 9.73. The fraction of sp³-hybridized carbons (Fsp3) is 1.00. The van der Waals surface area contributed by atoms with Gasteiger partial charge in [0.1, 0.15) is 0 Å². The molecule has 2 rings (SSSR count). The van der Waals surface area contributed by atoms with Crippen LogP contribution in [0.2, 0.25) is 0 Å². The van der Waals surface area contributed by atoms with Crippen LogP contribution in [-0.4, -0.2) is 81.9 Å². The second-order valence-electron chi connectivity index (χ2n) is 10.5. The van der Waals surface area contributed by atoms with Crippen LogP contribution in [0.15, 0.2) is 0 Å². The molecule has 0 radical (unpaired) electrons. The molecule has 0 aromatic rings. The third-order valence-electron chi connectivity index (χ3n) is 6.14. The number of nitrogens with zero attached hydrogens (tertiary/aromatic N) is 2. The second kappa shape index (κ2) is 11.9. The van der Waals surface area contributed by atoms with Crippen LogP contribution in [0.4, 0.5) is 8.78 Å². The number of hydrogen-bond donors (Lipinski definition) is 0. The SMILES string of the molecule is CC(C)OCC1(C)CCCN(C)C1.CC(C)OCC1(C)CN(C)CCC1C(F)F. The highest BCUT2D eigenvalue weighted by molar-refractivity contribution is 4.91. The number of likely N-dealkylation sites (tertiary alicyclic amines) is 2. The molecule has 29 heavy (non-hydrogen) atoms. The third-order valence-corrected chi connectivity index (χ3v) is 6.14. The van der Waals surface area contributed by atoms with Crippen molar-refractivity contribution in [2.45, 2.75) is 79.4 Å². The summed E-state index contributed by atoms with van der Waals surface area (Å²) in [5.74, 6) is -0.539. The van der Waals surface area contributed by atoms with Crippen LogP contribution < -0.4 is 0 Å². The minimum Gasteiger partial charge on any atom is -0.378 e. The van der Waals surface area contributed by atoms with Crippen molar-refractivity contribution in [3.05, 3.63) is 0 Å². The van der Waals surface area contributed by atoms with Crippen LogP contribution in [0.5, 0.6) is 0 Å². The summed E-state index contributed by atoms with van der Waals surface area (Å²) >= 11 is 0. The molecule has 6 heteroatoms. The fourth-order valence-electron chi connectivity index (χ4n) is 4.53. The van der Waals surface area contributed by atoms with Gasteiger partial charge in [0.2, 0.25) is 6.43 Å². The monoisotopic (exact) mass is 420 g/mol. The van der Waals surface area contributed by atoms with Crippen LogP contribution in [0.3, 0.4) is 0 Å². The zero-order valence-electron chi connectivity index (χ0n) is 20.1. The van der Waals surface area contributed by atoms with E-state index in [1.165, 1.54) is 25.9 Å². The zero-order chi connectivity index (χ0) is 22.2. The Bertz CT molecular complexity index is 464. The molecule has 2 saturated heterocycles. The Labute approximate surface area is 178 Å². The average molecular weight is 421 g/mol. The van der Waals surface area contributed by atoms with Gasteiger partial charge in [-0.05, 0) is 74.1 Å². The van der Waals surface area contributed by atoms with Crippen LogP contribution >= 0.6 is 0 Å². The van der Waals surface area contributed by atoms with Crippen molar-refractivity contribution in [2.75, 3.05) is 53.5 Å². The summed E-state index contributed by atoms with van der Waals surface area (Å²) in [6.45, 7) is 17.6. The summed E-state index contributed by atoms with van der Waals surface area (Å²) in [5, 5.41) is 0. The molecule has 3 unspecified atom stereocenters. The van der Waals surface area contributed by atoms with Crippen LogP contribution in [0, 0.1) is 16.7 Å². The molecule has 0 amide bonds. The molecule has 4 nitrogen and oxygen atoms in total. The van der Waals surface area contributed by atoms with Crippen molar-refractivity contribution < 1.29 is 18.3 Å². The molecule has 0 spiro atoms. The lowest BCUT2D eigenvalue weighted by Gasteiger charge is -2.45. The quantitative estimate of drug-likeness (QED) is 0.592. The molecule has 174 valence electrons. The third kappa shape index (κ3) is 9.58. The number of ether oxygens (including phenoxy) is 2. The molecule has 0 N–H and O–H groups in total. The van der Waals surface area contributed by atoms with Gasteiger partial charge in [-0.15, -0.1) is 0 Å². The minimum absolute atomic E-state index is 0.0994. The maximum absolute atomic E-state index is 13.0. The first-order valence-corrected chi connectivity index (χ1v) is 11.3. The van der Waals surface area contributed by atoms with Gasteiger partial charge in [-0.25, -0.2) is 8.78 Å². The van der Waals surface area contributed by atoms with Gasteiger partial charge >= 0.3 is 0 Å². The lowest BCUT2D eigenvalue weighted by Crippen LogP contribution is -2.50. The molecule has 0 aliphatic carbocycles. The van der Waals surface area contributed by atoms with Gasteiger partial charge in [-0.2, -0.15) is 0 Å². The molecule has 0 aromatic carbocycles. The molecule has 2 aliphatic heterocycles. The van der Waals surface area contributed by atoms with Gasteiger partial charge in [-0.3, -0.25) is 0 Å². The van der Waals surface area contributed by atoms with Crippen LogP contribution in [-0.2, 0) is 9.47 Å². The van der Waals surface area contributed by atoms with E-state index in [1.54, 1.807) is 0 Å². The van der Waals surface area contributed by atoms with Crippen LogP contribution in [0.1, 0.15) is 60.8 Å². The Morgan fingerprint density at radius 2 is 1.45 bits per heavy atom. The van der Waals surface area contributed by atoms with E-state index >= 15 is 0 Å². The minimum atomic E-state index is -2.24. The summed E-state index contributed by atoms with van der Waals surface area (Å²) in [7, 11) is 4.18. The summed E-state index contributed by atoms with van der Waals surface area (Å²) < 4.78 is 37.2. The highest BCUT2D eigenvalue weighted by Gasteiger charge is 2.43. The van der Waals surface area contributed by atoms with Gasteiger partial charge in [-0.1, -0.05) is 13.8 Å². The molecule has 2 aliphatic rings. The molecule has 2 heterocycles. The fourth-order valence-corrected chi connectivity index (χ4v) is 4.53. The van der Waals surface area contributed by atoms with Crippen molar-refractivity contribution in [2.24, 2.45) is 16.7 Å². The van der Waals surface area contributed by atoms with Crippen molar-refractivity contribution in [1.82, 2.24) is 9.80 Å². The van der Waals surface area contributed by atoms with E-state index < -0.39 is 17.8 Å². The van der Waals surface area contributed by atoms with E-state index in [0.717, 1.165) is 13.2 Å². The second-order valence-corrected chi connectivity index (χ2v) is 10.5. The smallest absolute Gasteiger partial charge is 0.242 e. The molecule has 0 bridgehead atoms. The van der Waals surface area contributed by atoms with Gasteiger partial charge in [0.05, 0.1) is 25.4 Å². The number of halogens is 2. The Morgan fingerprint density at radius 3 is 1.97 bits per heavy atom. The summed E-state index contributed by atoms with van der Waals surface area (Å²) in [6.07, 6.45) is 1.41. The lowest BCUT2D eigenvalue weighted by molar-refractivity contribution is -0.0971. The topological polar surface area (TPSA) is 24.9 Å². The van der Waals surface area contributed by atoms with Gasteiger partial charge in [0, 0.05) is 29.8 Å². The predicted molar refractivity (Wildman–Crippen MR) is 117 cm³/mol. The standard InChI is InChI=1S/C12H23F2NO.C11H23NO/c1-9(2)16-8-12(3)7-15(4)6-5-10(12)11(13)14;1-10(2)13-9-11(3)6-5-7-12(4)8-11/h9-11H,5-8H2,1-4H3;10H,5-9H2,1-4H3. The molecule has 0 saturated carbocycles. The molecule has 2 fully saturated rings. The van der Waals surface area contributed by atoms with E-state index in [0.29, 0.717) is 31.1 Å². The van der Waals surface area contributed by atoms with E-state index in [4.69, 9.17) is 9.47 Å². The predicted octanol–water partition coefficient (Wildman–Crippen LogP) is 4.78. The van der Waals surface area contributed by atoms with Gasteiger partial charge in [0.15, 0.2) is 0 Å². The van der Waals surface area contributed by atoms with Gasteiger partial charge < -0.3 is 19.3 Å². The van der Waals surface area contributed by atoms with E-state index in [9.17, 15) is 8.78 Å². The van der Waals surface area contributed by atoms with E-state index in [2.05, 4.69) is 37.6 Å². The number of piperidine rings is 2. The Balaban J connectivity index is 0.000000296. The summed E-state index contributed by atoms with van der Waals surface area (Å²) in [4.78, 5) is 4.52. The first-order valence-electron chi connectivity index (χ1n) is 11.3. The number of hydrogen-bond acceptors (Lipinski definition) is 4. The maximum atomic E-state index is 13.0. The maximum Gasteiger partial charge on any atom is 0.242 e. The average Bonchev–Trinajstić information content (AvgIpc) is 2.58. The van der Waals surface area contributed by atoms with Crippen molar-refractivity contribution >= 4 is 0 Å². The molecule has 0 aromatic heterocycles. The van der Waals surface area contributed by atoms with Crippen molar-refractivity contribution in [3.8, 4) is 0 Å². The number of alkyl halides is 2. The van der Waals surface area contributed by atoms with E-state index in [1.807, 2.05) is 27.8 Å². The molecular formula is C23H46F2N2O2. The first kappa shape index (κ1) is 26.7. The highest BCUT2D eigenvalue weighted by atomic mass is 19.3. The zero-order valence-corrected chi connectivity index (χ0v) is 20.1. The Hall–Kier alpha value is -0.300. The first-order chi connectivity index (χ1) is 13.4.